The SMILES string of the molecule is CN(C)c1ncc(-c2ccccc2)c([C@H]2CCCN2S(=O)(=O)N(C)C)n1. The highest BCUT2D eigenvalue weighted by Gasteiger charge is 2.38. The molecule has 0 radical (unpaired) electrons. The number of anilines is 1. The molecule has 1 fully saturated rings. The molecule has 1 aliphatic rings. The molecule has 1 atom stereocenters. The molecule has 3 rings (SSSR count). The first-order chi connectivity index (χ1) is 12.3. The van der Waals surface area contributed by atoms with Gasteiger partial charge in [-0.05, 0) is 18.4 Å². The highest BCUT2D eigenvalue weighted by molar-refractivity contribution is 7.86. The topological polar surface area (TPSA) is 69.6 Å². The molecule has 0 bridgehead atoms. The summed E-state index contributed by atoms with van der Waals surface area (Å²) in [6.45, 7) is 0.501. The Kier molecular flexibility index (Phi) is 5.27. The molecule has 8 heteroatoms. The summed E-state index contributed by atoms with van der Waals surface area (Å²) in [6.07, 6.45) is 3.36. The van der Waals surface area contributed by atoms with Crippen molar-refractivity contribution in [3.8, 4) is 11.1 Å². The normalized spacial score (nSPS) is 18.4. The molecule has 1 aromatic heterocycles. The molecule has 26 heavy (non-hydrogen) atoms. The summed E-state index contributed by atoms with van der Waals surface area (Å²) in [5.41, 5.74) is 2.63. The molecule has 0 amide bonds. The van der Waals surface area contributed by atoms with Crippen molar-refractivity contribution in [3.63, 3.8) is 0 Å². The van der Waals surface area contributed by atoms with E-state index in [4.69, 9.17) is 4.98 Å². The van der Waals surface area contributed by atoms with Gasteiger partial charge in [0.25, 0.3) is 10.2 Å². The lowest BCUT2D eigenvalue weighted by Gasteiger charge is -2.28. The first kappa shape index (κ1) is 18.8. The molecule has 1 aromatic carbocycles. The zero-order valence-corrected chi connectivity index (χ0v) is 16.4. The maximum atomic E-state index is 12.8. The van der Waals surface area contributed by atoms with Crippen LogP contribution in [0.3, 0.4) is 0 Å². The number of rotatable bonds is 5. The minimum atomic E-state index is -3.51. The molecular weight excluding hydrogens is 350 g/mol. The molecule has 1 aliphatic heterocycles. The zero-order valence-electron chi connectivity index (χ0n) is 15.6. The zero-order chi connectivity index (χ0) is 18.9. The van der Waals surface area contributed by atoms with Crippen LogP contribution in [0.2, 0.25) is 0 Å². The highest BCUT2D eigenvalue weighted by atomic mass is 32.2. The van der Waals surface area contributed by atoms with Crippen LogP contribution in [-0.2, 0) is 10.2 Å². The van der Waals surface area contributed by atoms with Crippen LogP contribution in [0.15, 0.2) is 36.5 Å². The summed E-state index contributed by atoms with van der Waals surface area (Å²) in [5, 5.41) is 0. The molecule has 1 saturated heterocycles. The van der Waals surface area contributed by atoms with Crippen LogP contribution in [0.5, 0.6) is 0 Å². The Morgan fingerprint density at radius 2 is 1.81 bits per heavy atom. The lowest BCUT2D eigenvalue weighted by Crippen LogP contribution is -2.40. The molecule has 2 aromatic rings. The fourth-order valence-corrected chi connectivity index (χ4v) is 4.50. The predicted molar refractivity (Wildman–Crippen MR) is 103 cm³/mol. The van der Waals surface area contributed by atoms with Gasteiger partial charge < -0.3 is 4.90 Å². The van der Waals surface area contributed by atoms with E-state index in [1.165, 1.54) is 4.31 Å². The lowest BCUT2D eigenvalue weighted by atomic mass is 10.0. The minimum absolute atomic E-state index is 0.292. The van der Waals surface area contributed by atoms with Gasteiger partial charge in [-0.3, -0.25) is 0 Å². The van der Waals surface area contributed by atoms with E-state index in [1.807, 2.05) is 49.3 Å². The van der Waals surface area contributed by atoms with E-state index in [1.54, 1.807) is 24.6 Å². The molecular formula is C18H25N5O2S. The molecule has 7 nitrogen and oxygen atoms in total. The first-order valence-electron chi connectivity index (χ1n) is 8.61. The third kappa shape index (κ3) is 3.44. The summed E-state index contributed by atoms with van der Waals surface area (Å²) in [6, 6.07) is 9.58. The summed E-state index contributed by atoms with van der Waals surface area (Å²) in [5.74, 6) is 0.578. The minimum Gasteiger partial charge on any atom is -0.347 e. The molecule has 0 N–H and O–H groups in total. The van der Waals surface area contributed by atoms with Crippen molar-refractivity contribution in [2.24, 2.45) is 0 Å². The molecule has 0 unspecified atom stereocenters. The number of hydrogen-bond donors (Lipinski definition) is 0. The second kappa shape index (κ2) is 7.30. The van der Waals surface area contributed by atoms with Crippen molar-refractivity contribution in [1.82, 2.24) is 18.6 Å². The fourth-order valence-electron chi connectivity index (χ4n) is 3.19. The van der Waals surface area contributed by atoms with Gasteiger partial charge in [-0.1, -0.05) is 30.3 Å². The summed E-state index contributed by atoms with van der Waals surface area (Å²) >= 11 is 0. The van der Waals surface area contributed by atoms with Crippen LogP contribution in [0.25, 0.3) is 11.1 Å². The van der Waals surface area contributed by atoms with Crippen LogP contribution in [0.1, 0.15) is 24.6 Å². The van der Waals surface area contributed by atoms with Gasteiger partial charge in [-0.2, -0.15) is 17.0 Å². The average Bonchev–Trinajstić information content (AvgIpc) is 3.12. The van der Waals surface area contributed by atoms with Crippen molar-refractivity contribution in [3.05, 3.63) is 42.2 Å². The van der Waals surface area contributed by atoms with Gasteiger partial charge in [-0.15, -0.1) is 0 Å². The van der Waals surface area contributed by atoms with Crippen molar-refractivity contribution >= 4 is 16.2 Å². The summed E-state index contributed by atoms with van der Waals surface area (Å²) in [7, 11) is 3.37. The Hall–Kier alpha value is -2.03. The van der Waals surface area contributed by atoms with Gasteiger partial charge in [0.2, 0.25) is 5.95 Å². The van der Waals surface area contributed by atoms with E-state index >= 15 is 0 Å². The van der Waals surface area contributed by atoms with Crippen LogP contribution in [-0.4, -0.2) is 61.7 Å². The van der Waals surface area contributed by atoms with E-state index in [0.717, 1.165) is 29.7 Å². The Morgan fingerprint density at radius 1 is 1.12 bits per heavy atom. The van der Waals surface area contributed by atoms with Crippen LogP contribution < -0.4 is 4.90 Å². The van der Waals surface area contributed by atoms with Crippen LogP contribution >= 0.6 is 0 Å². The number of nitrogens with zero attached hydrogens (tertiary/aromatic N) is 5. The van der Waals surface area contributed by atoms with E-state index in [9.17, 15) is 8.42 Å². The van der Waals surface area contributed by atoms with Gasteiger partial charge in [0, 0.05) is 46.5 Å². The number of aromatic nitrogens is 2. The van der Waals surface area contributed by atoms with E-state index in [0.29, 0.717) is 12.5 Å². The average molecular weight is 375 g/mol. The largest absolute Gasteiger partial charge is 0.347 e. The predicted octanol–water partition coefficient (Wildman–Crippen LogP) is 2.15. The van der Waals surface area contributed by atoms with Gasteiger partial charge in [0.15, 0.2) is 0 Å². The number of hydrogen-bond acceptors (Lipinski definition) is 5. The quantitative estimate of drug-likeness (QED) is 0.801. The maximum Gasteiger partial charge on any atom is 0.282 e. The van der Waals surface area contributed by atoms with Crippen molar-refractivity contribution in [2.75, 3.05) is 39.6 Å². The van der Waals surface area contributed by atoms with Gasteiger partial charge in [0.1, 0.15) is 0 Å². The molecule has 0 aliphatic carbocycles. The number of benzene rings is 1. The van der Waals surface area contributed by atoms with E-state index in [-0.39, 0.29) is 6.04 Å². The van der Waals surface area contributed by atoms with Crippen LogP contribution in [0.4, 0.5) is 5.95 Å². The monoisotopic (exact) mass is 375 g/mol. The Balaban J connectivity index is 2.14. The Labute approximate surface area is 155 Å². The second-order valence-corrected chi connectivity index (χ2v) is 8.88. The molecule has 2 heterocycles. The summed E-state index contributed by atoms with van der Waals surface area (Å²) < 4.78 is 28.4. The van der Waals surface area contributed by atoms with E-state index < -0.39 is 10.2 Å². The maximum absolute atomic E-state index is 12.8. The highest BCUT2D eigenvalue weighted by Crippen LogP contribution is 2.38. The van der Waals surface area contributed by atoms with E-state index in [2.05, 4.69) is 4.98 Å². The van der Waals surface area contributed by atoms with Gasteiger partial charge >= 0.3 is 0 Å². The van der Waals surface area contributed by atoms with Gasteiger partial charge in [0.05, 0.1) is 11.7 Å². The Bertz CT molecular complexity index is 868. The molecule has 0 spiro atoms. The third-order valence-corrected chi connectivity index (χ3v) is 6.52. The molecule has 0 saturated carbocycles. The first-order valence-corrected chi connectivity index (χ1v) is 10.0. The smallest absolute Gasteiger partial charge is 0.282 e. The summed E-state index contributed by atoms with van der Waals surface area (Å²) in [4.78, 5) is 11.0. The van der Waals surface area contributed by atoms with Crippen molar-refractivity contribution in [2.45, 2.75) is 18.9 Å². The lowest BCUT2D eigenvalue weighted by molar-refractivity contribution is 0.358. The fraction of sp³-hybridized carbons (Fsp3) is 0.444. The second-order valence-electron chi connectivity index (χ2n) is 6.79. The van der Waals surface area contributed by atoms with Crippen molar-refractivity contribution < 1.29 is 8.42 Å². The molecule has 140 valence electrons. The Morgan fingerprint density at radius 3 is 2.42 bits per heavy atom. The standard InChI is InChI=1S/C18H25N5O2S/c1-21(2)18-19-13-15(14-9-6-5-7-10-14)17(20-18)16-11-8-12-23(16)26(24,25)22(3)4/h5-7,9-10,13,16H,8,11-12H2,1-4H3/t16-/m1/s1. The third-order valence-electron chi connectivity index (χ3n) is 4.57. The van der Waals surface area contributed by atoms with Crippen LogP contribution in [0, 0.1) is 0 Å². The van der Waals surface area contributed by atoms with Gasteiger partial charge in [-0.25, -0.2) is 9.97 Å². The van der Waals surface area contributed by atoms with Crippen molar-refractivity contribution in [1.29, 1.82) is 0 Å².